The Balaban J connectivity index is 1.21. The Kier molecular flexibility index (Phi) is 14.9. The van der Waals surface area contributed by atoms with Gasteiger partial charge in [-0.25, -0.2) is 15.2 Å². The molecule has 0 radical (unpaired) electrons. The van der Waals surface area contributed by atoms with Crippen LogP contribution in [0.5, 0.6) is 0 Å². The zero-order chi connectivity index (χ0) is 46.6. The SMILES string of the molecule is C=CC(=O)CN1CC[C@H](C(=O)N(C)[C@@H](NC(=O)N[C@H]2Cc3csc(n3)-c3ccc4c(c3)c(c(-c3cccnc3COC)n4CC)CC(C)(C)COC(=O)[C@@H]3CCCN(N3)C2=O)C(C)C)C1. The minimum absolute atomic E-state index is 0.0693. The zero-order valence-corrected chi connectivity index (χ0v) is 39.5. The van der Waals surface area contributed by atoms with Crippen LogP contribution in [0.15, 0.2) is 54.6 Å². The number of aryl methyl sites for hydroxylation is 1. The first-order valence-electron chi connectivity index (χ1n) is 22.6. The van der Waals surface area contributed by atoms with E-state index in [1.807, 2.05) is 30.2 Å². The Labute approximate surface area is 385 Å². The van der Waals surface area contributed by atoms with E-state index >= 15 is 0 Å². The second kappa shape index (κ2) is 20.4. The number of hydrogen-bond acceptors (Lipinski definition) is 12. The fraction of sp³-hybridized carbons (Fsp3) is 0.521. The van der Waals surface area contributed by atoms with Gasteiger partial charge in [-0.05, 0) is 87.0 Å². The molecule has 2 saturated heterocycles. The van der Waals surface area contributed by atoms with Gasteiger partial charge in [0.05, 0.1) is 42.8 Å². The summed E-state index contributed by atoms with van der Waals surface area (Å²) in [5.74, 6) is -1.64. The summed E-state index contributed by atoms with van der Waals surface area (Å²) in [7, 11) is 3.33. The van der Waals surface area contributed by atoms with E-state index in [-0.39, 0.29) is 43.1 Å². The van der Waals surface area contributed by atoms with E-state index in [0.29, 0.717) is 64.2 Å². The lowest BCUT2D eigenvalue weighted by atomic mass is 9.84. The Bertz CT molecular complexity index is 2430. The number of methoxy groups -OCH3 is 1. The van der Waals surface area contributed by atoms with Gasteiger partial charge in [-0.2, -0.15) is 0 Å². The number of rotatable bonds is 12. The molecule has 348 valence electrons. The highest BCUT2D eigenvalue weighted by Gasteiger charge is 2.38. The normalized spacial score (nSPS) is 20.9. The molecule has 0 aliphatic carbocycles. The summed E-state index contributed by atoms with van der Waals surface area (Å²) >= 11 is 1.46. The number of cyclic esters (lactones) is 1. The summed E-state index contributed by atoms with van der Waals surface area (Å²) < 4.78 is 14.0. The van der Waals surface area contributed by atoms with Crippen LogP contribution < -0.4 is 16.1 Å². The van der Waals surface area contributed by atoms with Crippen molar-refractivity contribution in [3.63, 3.8) is 0 Å². The summed E-state index contributed by atoms with van der Waals surface area (Å²) in [5, 5.41) is 11.0. The molecule has 6 bridgehead atoms. The Morgan fingerprint density at radius 2 is 1.97 bits per heavy atom. The number of amides is 4. The van der Waals surface area contributed by atoms with Crippen LogP contribution in [0.25, 0.3) is 32.7 Å². The number of urea groups is 1. The number of ketones is 1. The average Bonchev–Trinajstić information content (AvgIpc) is 4.04. The largest absolute Gasteiger partial charge is 0.464 e. The van der Waals surface area contributed by atoms with Crippen LogP contribution in [-0.4, -0.2) is 124 Å². The van der Waals surface area contributed by atoms with Crippen molar-refractivity contribution in [3.8, 4) is 21.8 Å². The number of nitrogens with zero attached hydrogens (tertiary/aromatic N) is 6. The lowest BCUT2D eigenvalue weighted by Crippen LogP contribution is -2.62. The summed E-state index contributed by atoms with van der Waals surface area (Å²) in [4.78, 5) is 81.3. The van der Waals surface area contributed by atoms with Gasteiger partial charge in [-0.3, -0.25) is 34.1 Å². The molecule has 3 aliphatic heterocycles. The van der Waals surface area contributed by atoms with Gasteiger partial charge in [-0.1, -0.05) is 34.3 Å². The third-order valence-electron chi connectivity index (χ3n) is 12.6. The molecule has 0 spiro atoms. The number of benzene rings is 1. The van der Waals surface area contributed by atoms with Gasteiger partial charge in [0.15, 0.2) is 5.78 Å². The Hall–Kier alpha value is -5.49. The maximum Gasteiger partial charge on any atom is 0.324 e. The molecule has 4 aromatic rings. The molecular weight excluding hydrogens is 847 g/mol. The van der Waals surface area contributed by atoms with Gasteiger partial charge >= 0.3 is 12.0 Å². The molecule has 0 unspecified atom stereocenters. The van der Waals surface area contributed by atoms with Crippen LogP contribution in [0.3, 0.4) is 0 Å². The molecule has 2 fully saturated rings. The number of thiazole rings is 1. The highest BCUT2D eigenvalue weighted by molar-refractivity contribution is 7.13. The summed E-state index contributed by atoms with van der Waals surface area (Å²) in [6.45, 7) is 16.4. The van der Waals surface area contributed by atoms with Gasteiger partial charge in [0.1, 0.15) is 23.3 Å². The number of aromatic nitrogens is 3. The molecule has 3 aromatic heterocycles. The third-order valence-corrected chi connectivity index (χ3v) is 13.6. The van der Waals surface area contributed by atoms with E-state index in [0.717, 1.165) is 44.0 Å². The van der Waals surface area contributed by atoms with Crippen LogP contribution in [0.1, 0.15) is 70.8 Å². The lowest BCUT2D eigenvalue weighted by Gasteiger charge is -2.36. The fourth-order valence-electron chi connectivity index (χ4n) is 9.35. The monoisotopic (exact) mass is 909 g/mol. The number of carbonyl (C=O) groups is 5. The Morgan fingerprint density at radius 1 is 1.17 bits per heavy atom. The quantitative estimate of drug-likeness (QED) is 0.0949. The molecule has 1 aromatic carbocycles. The van der Waals surface area contributed by atoms with Gasteiger partial charge in [0.2, 0.25) is 5.91 Å². The van der Waals surface area contributed by atoms with Crippen molar-refractivity contribution in [1.29, 1.82) is 0 Å². The average molecular weight is 910 g/mol. The maximum absolute atomic E-state index is 14.5. The van der Waals surface area contributed by atoms with E-state index in [1.54, 1.807) is 25.3 Å². The van der Waals surface area contributed by atoms with Gasteiger partial charge in [-0.15, -0.1) is 11.3 Å². The fourth-order valence-corrected chi connectivity index (χ4v) is 10.2. The first-order chi connectivity index (χ1) is 31.1. The molecule has 3 N–H and O–H groups in total. The summed E-state index contributed by atoms with van der Waals surface area (Å²) in [6, 6.07) is 7.89. The maximum atomic E-state index is 14.5. The highest BCUT2D eigenvalue weighted by Crippen LogP contribution is 2.41. The van der Waals surface area contributed by atoms with Gasteiger partial charge in [0.25, 0.3) is 5.91 Å². The second-order valence-electron chi connectivity index (χ2n) is 18.5. The number of esters is 1. The molecular formula is C48H63N9O7S. The third kappa shape index (κ3) is 10.6. The number of ether oxygens (including phenoxy) is 2. The molecule has 4 amide bonds. The standard InChI is InChI=1S/C48H63N9O7S/c1-9-33(58)25-55-20-17-31(24-55)44(59)54(7)42(29(3)4)52-47(62)51-38-22-32-27-65-43(50-32)30-15-16-40-35(21-30)36(41(56(40)10-2)34-13-11-18-49-39(34)26-63-8)23-48(5,6)28-64-46(61)37-14-12-19-57(53-37)45(38)60/h9,11,13,15-16,18,21,27,29,31,37-38,42,53H,1,10,12,14,17,19-20,22-26,28H2,2-8H3,(H2,51,52,62)/t31-,37-,38-,42+/m0/s1. The van der Waals surface area contributed by atoms with Crippen molar-refractivity contribution in [2.24, 2.45) is 17.3 Å². The van der Waals surface area contributed by atoms with E-state index in [2.05, 4.69) is 72.2 Å². The molecule has 17 heteroatoms. The number of hydrazine groups is 1. The van der Waals surface area contributed by atoms with E-state index in [1.165, 1.54) is 22.4 Å². The first kappa shape index (κ1) is 47.5. The van der Waals surface area contributed by atoms with Crippen molar-refractivity contribution >= 4 is 51.8 Å². The van der Waals surface area contributed by atoms with Gasteiger partial charge in [0, 0.05) is 79.2 Å². The zero-order valence-electron chi connectivity index (χ0n) is 38.6. The lowest BCUT2D eigenvalue weighted by molar-refractivity contribution is -0.155. The number of fused-ring (bicyclic) bond motifs is 6. The summed E-state index contributed by atoms with van der Waals surface area (Å²) in [5.41, 5.74) is 9.14. The van der Waals surface area contributed by atoms with Crippen LogP contribution >= 0.6 is 11.3 Å². The van der Waals surface area contributed by atoms with Crippen molar-refractivity contribution < 1.29 is 33.4 Å². The molecule has 16 nitrogen and oxygen atoms in total. The number of hydrogen-bond donors (Lipinski definition) is 3. The molecule has 3 aliphatic rings. The minimum Gasteiger partial charge on any atom is -0.464 e. The second-order valence-corrected chi connectivity index (χ2v) is 19.4. The number of likely N-dealkylation sites (tertiary alicyclic amines) is 1. The van der Waals surface area contributed by atoms with Crippen LogP contribution in [0.2, 0.25) is 0 Å². The minimum atomic E-state index is -1.08. The number of carbonyl (C=O) groups excluding carboxylic acids is 5. The smallest absolute Gasteiger partial charge is 0.324 e. The highest BCUT2D eigenvalue weighted by atomic mass is 32.1. The van der Waals surface area contributed by atoms with Gasteiger partial charge < -0.3 is 29.6 Å². The predicted molar refractivity (Wildman–Crippen MR) is 249 cm³/mol. The van der Waals surface area contributed by atoms with E-state index < -0.39 is 41.6 Å². The summed E-state index contributed by atoms with van der Waals surface area (Å²) in [6.07, 6.45) is 4.63. The van der Waals surface area contributed by atoms with E-state index in [9.17, 15) is 24.0 Å². The molecule has 6 heterocycles. The van der Waals surface area contributed by atoms with Crippen LogP contribution in [-0.2, 0) is 54.6 Å². The Morgan fingerprint density at radius 3 is 2.71 bits per heavy atom. The molecule has 4 atom stereocenters. The first-order valence-corrected chi connectivity index (χ1v) is 23.5. The molecule has 0 saturated carbocycles. The van der Waals surface area contributed by atoms with Crippen LogP contribution in [0, 0.1) is 17.3 Å². The molecule has 65 heavy (non-hydrogen) atoms. The number of nitrogens with one attached hydrogen (secondary N) is 3. The number of pyridine rings is 1. The molecule has 7 rings (SSSR count). The van der Waals surface area contributed by atoms with Crippen molar-refractivity contribution in [1.82, 2.24) is 45.4 Å². The van der Waals surface area contributed by atoms with Crippen molar-refractivity contribution in [2.75, 3.05) is 46.9 Å². The van der Waals surface area contributed by atoms with Crippen molar-refractivity contribution in [2.45, 2.75) is 98.1 Å². The topological polar surface area (TPSA) is 180 Å². The van der Waals surface area contributed by atoms with E-state index in [4.69, 9.17) is 19.4 Å². The predicted octanol–water partition coefficient (Wildman–Crippen LogP) is 5.34. The van der Waals surface area contributed by atoms with Crippen LogP contribution in [0.4, 0.5) is 4.79 Å². The van der Waals surface area contributed by atoms with Crippen molar-refractivity contribution in [3.05, 3.63) is 71.5 Å².